The second-order valence-corrected chi connectivity index (χ2v) is 6.80. The molecule has 2 N–H and O–H groups in total. The van der Waals surface area contributed by atoms with Crippen LogP contribution < -0.4 is 24.8 Å². The van der Waals surface area contributed by atoms with E-state index in [0.29, 0.717) is 23.8 Å². The minimum atomic E-state index is -0.652. The van der Waals surface area contributed by atoms with Gasteiger partial charge in [-0.2, -0.15) is 0 Å². The number of carbonyl (C=O) groups excluding carboxylic acids is 2. The molecule has 2 aromatic carbocycles. The van der Waals surface area contributed by atoms with E-state index >= 15 is 0 Å². The predicted molar refractivity (Wildman–Crippen MR) is 103 cm³/mol. The van der Waals surface area contributed by atoms with Crippen LogP contribution in [-0.2, 0) is 16.1 Å². The molecular formula is C21H24N2O5. The van der Waals surface area contributed by atoms with E-state index in [2.05, 4.69) is 10.6 Å². The van der Waals surface area contributed by atoms with Crippen LogP contribution >= 0.6 is 0 Å². The van der Waals surface area contributed by atoms with E-state index in [0.717, 1.165) is 5.56 Å². The fourth-order valence-electron chi connectivity index (χ4n) is 2.77. The van der Waals surface area contributed by atoms with E-state index < -0.39 is 6.04 Å². The Balaban J connectivity index is 1.51. The zero-order chi connectivity index (χ0) is 19.9. The number of rotatable bonds is 8. The summed E-state index contributed by atoms with van der Waals surface area (Å²) in [7, 11) is 0. The van der Waals surface area contributed by atoms with Gasteiger partial charge in [0, 0.05) is 6.54 Å². The third-order valence-electron chi connectivity index (χ3n) is 4.28. The quantitative estimate of drug-likeness (QED) is 0.729. The number of carbonyl (C=O) groups is 2. The van der Waals surface area contributed by atoms with E-state index in [-0.39, 0.29) is 31.1 Å². The zero-order valence-corrected chi connectivity index (χ0v) is 15.9. The number of hydrogen-bond donors (Lipinski definition) is 2. The molecule has 0 saturated heterocycles. The lowest BCUT2D eigenvalue weighted by molar-refractivity contribution is -0.131. The van der Waals surface area contributed by atoms with Gasteiger partial charge in [0.05, 0.1) is 0 Å². The number of hydrogen-bond acceptors (Lipinski definition) is 5. The molecule has 148 valence electrons. The Kier molecular flexibility index (Phi) is 6.37. The molecule has 1 heterocycles. The van der Waals surface area contributed by atoms with Crippen LogP contribution in [0.3, 0.4) is 0 Å². The van der Waals surface area contributed by atoms with Crippen LogP contribution in [0.4, 0.5) is 0 Å². The van der Waals surface area contributed by atoms with Crippen LogP contribution in [0.5, 0.6) is 17.2 Å². The van der Waals surface area contributed by atoms with Gasteiger partial charge in [-0.05, 0) is 35.7 Å². The average molecular weight is 384 g/mol. The fraction of sp³-hybridized carbons (Fsp3) is 0.333. The molecule has 0 aromatic heterocycles. The van der Waals surface area contributed by atoms with Crippen molar-refractivity contribution in [3.05, 3.63) is 54.1 Å². The molecule has 0 spiro atoms. The summed E-state index contributed by atoms with van der Waals surface area (Å²) in [4.78, 5) is 24.8. The zero-order valence-electron chi connectivity index (χ0n) is 15.9. The van der Waals surface area contributed by atoms with Gasteiger partial charge < -0.3 is 24.8 Å². The summed E-state index contributed by atoms with van der Waals surface area (Å²) in [6.07, 6.45) is 0. The normalized spacial score (nSPS) is 13.1. The summed E-state index contributed by atoms with van der Waals surface area (Å²) in [5.74, 6) is 1.30. The molecule has 0 radical (unpaired) electrons. The molecule has 7 nitrogen and oxygen atoms in total. The molecule has 1 aliphatic rings. The first-order valence-electron chi connectivity index (χ1n) is 9.16. The third-order valence-corrected chi connectivity index (χ3v) is 4.28. The van der Waals surface area contributed by atoms with Crippen LogP contribution in [0.2, 0.25) is 0 Å². The SMILES string of the molecule is CC(C)[C@@H](NC(=O)COc1ccccc1)C(=O)NCc1ccc2c(c1)OCO2. The highest BCUT2D eigenvalue weighted by molar-refractivity contribution is 5.88. The van der Waals surface area contributed by atoms with Crippen LogP contribution in [0.25, 0.3) is 0 Å². The summed E-state index contributed by atoms with van der Waals surface area (Å²) in [6, 6.07) is 13.9. The van der Waals surface area contributed by atoms with Crippen LogP contribution in [-0.4, -0.2) is 31.3 Å². The largest absolute Gasteiger partial charge is 0.484 e. The number of benzene rings is 2. The van der Waals surface area contributed by atoms with Gasteiger partial charge in [-0.1, -0.05) is 38.1 Å². The molecule has 3 rings (SSSR count). The van der Waals surface area contributed by atoms with E-state index in [1.165, 1.54) is 0 Å². The molecule has 1 atom stereocenters. The van der Waals surface area contributed by atoms with Gasteiger partial charge in [-0.25, -0.2) is 0 Å². The molecule has 2 aromatic rings. The maximum absolute atomic E-state index is 12.6. The Hall–Kier alpha value is -3.22. The number of amides is 2. The molecule has 0 saturated carbocycles. The molecular weight excluding hydrogens is 360 g/mol. The van der Waals surface area contributed by atoms with Crippen molar-refractivity contribution in [3.63, 3.8) is 0 Å². The Morgan fingerprint density at radius 2 is 1.82 bits per heavy atom. The molecule has 2 amide bonds. The van der Waals surface area contributed by atoms with Gasteiger partial charge in [0.25, 0.3) is 5.91 Å². The second-order valence-electron chi connectivity index (χ2n) is 6.80. The Morgan fingerprint density at radius 1 is 1.07 bits per heavy atom. The lowest BCUT2D eigenvalue weighted by Crippen LogP contribution is -2.50. The monoisotopic (exact) mass is 384 g/mol. The van der Waals surface area contributed by atoms with Crippen LogP contribution in [0.1, 0.15) is 19.4 Å². The van der Waals surface area contributed by atoms with Gasteiger partial charge in [-0.15, -0.1) is 0 Å². The van der Waals surface area contributed by atoms with Crippen LogP contribution in [0.15, 0.2) is 48.5 Å². The van der Waals surface area contributed by atoms with Gasteiger partial charge in [0.15, 0.2) is 18.1 Å². The lowest BCUT2D eigenvalue weighted by atomic mass is 10.0. The number of nitrogens with one attached hydrogen (secondary N) is 2. The van der Waals surface area contributed by atoms with Gasteiger partial charge in [-0.3, -0.25) is 9.59 Å². The molecule has 7 heteroatoms. The standard InChI is InChI=1S/C21H24N2O5/c1-14(2)20(23-19(24)12-26-16-6-4-3-5-7-16)21(25)22-11-15-8-9-17-18(10-15)28-13-27-17/h3-10,14,20H,11-13H2,1-2H3,(H,22,25)(H,23,24)/t20-/m1/s1. The van der Waals surface area contributed by atoms with E-state index in [1.54, 1.807) is 12.1 Å². The van der Waals surface area contributed by atoms with E-state index in [4.69, 9.17) is 14.2 Å². The van der Waals surface area contributed by atoms with Crippen molar-refractivity contribution < 1.29 is 23.8 Å². The summed E-state index contributed by atoms with van der Waals surface area (Å²) >= 11 is 0. The highest BCUT2D eigenvalue weighted by atomic mass is 16.7. The maximum Gasteiger partial charge on any atom is 0.258 e. The smallest absolute Gasteiger partial charge is 0.258 e. The Bertz CT molecular complexity index is 823. The van der Waals surface area contributed by atoms with Crippen molar-refractivity contribution in [1.82, 2.24) is 10.6 Å². The van der Waals surface area contributed by atoms with Crippen molar-refractivity contribution in [2.24, 2.45) is 5.92 Å². The molecule has 1 aliphatic heterocycles. The van der Waals surface area contributed by atoms with E-state index in [1.807, 2.05) is 50.2 Å². The first kappa shape index (κ1) is 19.5. The fourth-order valence-corrected chi connectivity index (χ4v) is 2.77. The van der Waals surface area contributed by atoms with Crippen molar-refractivity contribution in [1.29, 1.82) is 0 Å². The molecule has 0 fully saturated rings. The van der Waals surface area contributed by atoms with Gasteiger partial charge in [0.1, 0.15) is 11.8 Å². The summed E-state index contributed by atoms with van der Waals surface area (Å²) in [5.41, 5.74) is 0.888. The number of ether oxygens (including phenoxy) is 3. The second kappa shape index (κ2) is 9.12. The van der Waals surface area contributed by atoms with Crippen molar-refractivity contribution >= 4 is 11.8 Å². The third kappa shape index (κ3) is 5.16. The molecule has 0 unspecified atom stereocenters. The molecule has 0 aliphatic carbocycles. The summed E-state index contributed by atoms with van der Waals surface area (Å²) in [6.45, 7) is 4.14. The first-order chi connectivity index (χ1) is 13.5. The number of para-hydroxylation sites is 1. The van der Waals surface area contributed by atoms with Crippen molar-refractivity contribution in [2.75, 3.05) is 13.4 Å². The summed E-state index contributed by atoms with van der Waals surface area (Å²) in [5, 5.41) is 5.60. The van der Waals surface area contributed by atoms with E-state index in [9.17, 15) is 9.59 Å². The Labute approximate surface area is 164 Å². The highest BCUT2D eigenvalue weighted by Gasteiger charge is 2.24. The summed E-state index contributed by atoms with van der Waals surface area (Å²) < 4.78 is 16.1. The molecule has 0 bridgehead atoms. The van der Waals surface area contributed by atoms with Crippen molar-refractivity contribution in [2.45, 2.75) is 26.4 Å². The topological polar surface area (TPSA) is 85.9 Å². The predicted octanol–water partition coefficient (Wildman–Crippen LogP) is 2.25. The first-order valence-corrected chi connectivity index (χ1v) is 9.16. The minimum Gasteiger partial charge on any atom is -0.484 e. The minimum absolute atomic E-state index is 0.0718. The van der Waals surface area contributed by atoms with Crippen LogP contribution in [0, 0.1) is 5.92 Å². The maximum atomic E-state index is 12.6. The average Bonchev–Trinajstić information content (AvgIpc) is 3.17. The Morgan fingerprint density at radius 3 is 2.57 bits per heavy atom. The molecule has 28 heavy (non-hydrogen) atoms. The van der Waals surface area contributed by atoms with Gasteiger partial charge in [0.2, 0.25) is 12.7 Å². The van der Waals surface area contributed by atoms with Gasteiger partial charge >= 0.3 is 0 Å². The highest BCUT2D eigenvalue weighted by Crippen LogP contribution is 2.32. The lowest BCUT2D eigenvalue weighted by Gasteiger charge is -2.22. The van der Waals surface area contributed by atoms with Crippen molar-refractivity contribution in [3.8, 4) is 17.2 Å². The number of fused-ring (bicyclic) bond motifs is 1.